The van der Waals surface area contributed by atoms with Crippen LogP contribution < -0.4 is 27.4 Å². The quantitative estimate of drug-likeness (QED) is 0.123. The van der Waals surface area contributed by atoms with Crippen molar-refractivity contribution in [2.45, 2.75) is 85.7 Å². The number of amides is 3. The number of aromatic nitrogens is 1. The SMILES string of the molecule is CN1C(=O)[C@H](CCCCN)NC(=O)C(CCCN)NCc2ccccc2Sc2c(cc(Cl)cc2C(F)(F)F)CNC(=O)[C@@H]1Cc1c[nH]c2ccccc12. The summed E-state index contributed by atoms with van der Waals surface area (Å²) in [5.41, 5.74) is 13.1. The first-order chi connectivity index (χ1) is 25.4. The van der Waals surface area contributed by atoms with Crippen molar-refractivity contribution in [1.29, 1.82) is 0 Å². The maximum Gasteiger partial charge on any atom is 0.417 e. The fraction of sp³-hybridized carbons (Fsp3) is 0.395. The highest BCUT2D eigenvalue weighted by atomic mass is 35.5. The third-order valence-electron chi connectivity index (χ3n) is 9.39. The second-order valence-corrected chi connectivity index (χ2v) is 14.6. The van der Waals surface area contributed by atoms with Crippen LogP contribution in [0, 0.1) is 0 Å². The number of fused-ring (bicyclic) bond motifs is 3. The number of nitrogens with one attached hydrogen (secondary N) is 4. The number of hydrogen-bond acceptors (Lipinski definition) is 7. The Bertz CT molecular complexity index is 1910. The molecule has 0 spiro atoms. The van der Waals surface area contributed by atoms with E-state index in [4.69, 9.17) is 23.1 Å². The van der Waals surface area contributed by atoms with Gasteiger partial charge in [0.2, 0.25) is 17.7 Å². The van der Waals surface area contributed by atoms with Gasteiger partial charge in [-0.15, -0.1) is 0 Å². The molecule has 0 fully saturated rings. The van der Waals surface area contributed by atoms with Crippen LogP contribution in [0.4, 0.5) is 13.2 Å². The number of halogens is 4. The molecule has 3 amide bonds. The van der Waals surface area contributed by atoms with Gasteiger partial charge in [0.1, 0.15) is 12.1 Å². The Morgan fingerprint density at radius 1 is 0.887 bits per heavy atom. The number of para-hydroxylation sites is 1. The molecular weight excluding hydrogens is 727 g/mol. The summed E-state index contributed by atoms with van der Waals surface area (Å²) in [6.07, 6.45) is -0.605. The largest absolute Gasteiger partial charge is 0.417 e. The molecule has 3 atom stereocenters. The van der Waals surface area contributed by atoms with E-state index in [2.05, 4.69) is 20.9 Å². The van der Waals surface area contributed by atoms with Gasteiger partial charge in [0.25, 0.3) is 0 Å². The summed E-state index contributed by atoms with van der Waals surface area (Å²) in [4.78, 5) is 47.5. The Kier molecular flexibility index (Phi) is 13.9. The van der Waals surface area contributed by atoms with Gasteiger partial charge in [-0.05, 0) is 86.1 Å². The molecule has 1 aliphatic rings. The molecule has 8 N–H and O–H groups in total. The van der Waals surface area contributed by atoms with E-state index in [0.29, 0.717) is 49.2 Å². The zero-order valence-electron chi connectivity index (χ0n) is 29.4. The number of benzene rings is 3. The zero-order chi connectivity index (χ0) is 38.1. The third kappa shape index (κ3) is 10.1. The van der Waals surface area contributed by atoms with Crippen molar-refractivity contribution in [1.82, 2.24) is 25.8 Å². The van der Waals surface area contributed by atoms with E-state index >= 15 is 0 Å². The molecule has 1 aliphatic heterocycles. The molecule has 0 radical (unpaired) electrons. The van der Waals surface area contributed by atoms with E-state index in [0.717, 1.165) is 34.3 Å². The van der Waals surface area contributed by atoms with Gasteiger partial charge in [0.05, 0.1) is 11.6 Å². The molecule has 10 nitrogen and oxygen atoms in total. The molecule has 0 aliphatic carbocycles. The van der Waals surface area contributed by atoms with Crippen molar-refractivity contribution in [3.63, 3.8) is 0 Å². The molecule has 2 heterocycles. The van der Waals surface area contributed by atoms with E-state index in [-0.39, 0.29) is 41.4 Å². The van der Waals surface area contributed by atoms with E-state index in [1.807, 2.05) is 24.3 Å². The molecule has 1 unspecified atom stereocenters. The van der Waals surface area contributed by atoms with Crippen LogP contribution >= 0.6 is 23.4 Å². The van der Waals surface area contributed by atoms with E-state index in [1.54, 1.807) is 30.5 Å². The number of nitrogens with zero attached hydrogens (tertiary/aromatic N) is 1. The van der Waals surface area contributed by atoms with Crippen molar-refractivity contribution >= 4 is 52.0 Å². The summed E-state index contributed by atoms with van der Waals surface area (Å²) in [5, 5.41) is 9.75. The summed E-state index contributed by atoms with van der Waals surface area (Å²) in [5.74, 6) is -1.50. The fourth-order valence-electron chi connectivity index (χ4n) is 6.49. The molecule has 284 valence electrons. The van der Waals surface area contributed by atoms with Crippen LogP contribution in [0.25, 0.3) is 10.9 Å². The lowest BCUT2D eigenvalue weighted by Crippen LogP contribution is -2.57. The topological polar surface area (TPSA) is 158 Å². The van der Waals surface area contributed by atoms with Crippen LogP contribution in [0.3, 0.4) is 0 Å². The zero-order valence-corrected chi connectivity index (χ0v) is 31.0. The predicted molar refractivity (Wildman–Crippen MR) is 201 cm³/mol. The van der Waals surface area contributed by atoms with Crippen LogP contribution in [0.15, 0.2) is 76.7 Å². The number of H-pyrrole nitrogens is 1. The minimum Gasteiger partial charge on any atom is -0.361 e. The van der Waals surface area contributed by atoms with Crippen LogP contribution in [0.2, 0.25) is 5.02 Å². The molecule has 5 rings (SSSR count). The fourth-order valence-corrected chi connectivity index (χ4v) is 7.91. The number of nitrogens with two attached hydrogens (primary N) is 2. The minimum atomic E-state index is -4.76. The first-order valence-electron chi connectivity index (χ1n) is 17.6. The molecule has 53 heavy (non-hydrogen) atoms. The molecule has 0 saturated carbocycles. The van der Waals surface area contributed by atoms with Crippen LogP contribution in [-0.4, -0.2) is 65.9 Å². The van der Waals surface area contributed by atoms with Crippen molar-refractivity contribution < 1.29 is 27.6 Å². The Hall–Kier alpha value is -4.08. The third-order valence-corrected chi connectivity index (χ3v) is 10.9. The number of hydrogen-bond donors (Lipinski definition) is 6. The Morgan fingerprint density at radius 2 is 1.60 bits per heavy atom. The lowest BCUT2D eigenvalue weighted by Gasteiger charge is -2.32. The van der Waals surface area contributed by atoms with Crippen molar-refractivity contribution in [3.8, 4) is 0 Å². The molecule has 1 aromatic heterocycles. The second-order valence-electron chi connectivity index (χ2n) is 13.1. The van der Waals surface area contributed by atoms with Crippen molar-refractivity contribution in [2.24, 2.45) is 11.5 Å². The van der Waals surface area contributed by atoms with Crippen LogP contribution in [0.5, 0.6) is 0 Å². The molecular formula is C38H45ClF3N7O3S. The van der Waals surface area contributed by atoms with Gasteiger partial charge < -0.3 is 37.3 Å². The first-order valence-corrected chi connectivity index (χ1v) is 18.8. The molecule has 0 saturated heterocycles. The smallest absolute Gasteiger partial charge is 0.361 e. The molecule has 15 heteroatoms. The van der Waals surface area contributed by atoms with Gasteiger partial charge in [-0.3, -0.25) is 14.4 Å². The van der Waals surface area contributed by atoms with Crippen LogP contribution in [-0.2, 0) is 40.1 Å². The maximum atomic E-state index is 14.6. The van der Waals surface area contributed by atoms with Gasteiger partial charge >= 0.3 is 6.18 Å². The lowest BCUT2D eigenvalue weighted by atomic mass is 10.0. The second kappa shape index (κ2) is 18.3. The number of likely N-dealkylation sites (N-methyl/N-ethyl adjacent to an activating group) is 1. The lowest BCUT2D eigenvalue weighted by molar-refractivity contribution is -0.142. The number of carbonyl (C=O) groups is 3. The highest BCUT2D eigenvalue weighted by Crippen LogP contribution is 2.44. The average molecular weight is 772 g/mol. The number of carbonyl (C=O) groups excluding carboxylic acids is 3. The van der Waals surface area contributed by atoms with Gasteiger partial charge in [0.15, 0.2) is 0 Å². The summed E-state index contributed by atoms with van der Waals surface area (Å²) in [7, 11) is 1.50. The summed E-state index contributed by atoms with van der Waals surface area (Å²) in [6, 6.07) is 13.9. The number of rotatable bonds is 9. The Labute approximate surface area is 315 Å². The summed E-state index contributed by atoms with van der Waals surface area (Å²) in [6.45, 7) is 0.570. The summed E-state index contributed by atoms with van der Waals surface area (Å²) >= 11 is 7.19. The Balaban J connectivity index is 1.62. The highest BCUT2D eigenvalue weighted by Gasteiger charge is 2.37. The van der Waals surface area contributed by atoms with Crippen molar-refractivity contribution in [2.75, 3.05) is 20.1 Å². The standard InChI is InChI=1S/C38H45ClF3N7O3S/c1-49-32(18-24-21-45-29-11-4-3-10-27(24)29)36(51)47-22-25-17-26(39)19-28(38(40,41)42)34(25)53-33-14-5-2-9-23(33)20-46-30(13-8-16-44)35(50)48-31(37(49)52)12-6-7-15-43/h2-5,9-11,14,17,19,21,30-32,45-46H,6-8,12-13,15-16,18,20,22,43-44H2,1H3,(H,47,51)(H,48,50)/t30?,31-,32-/m0/s1. The van der Waals surface area contributed by atoms with E-state index in [1.165, 1.54) is 18.0 Å². The number of unbranched alkanes of at least 4 members (excludes halogenated alkanes) is 1. The van der Waals surface area contributed by atoms with Gasteiger partial charge in [-0.1, -0.05) is 59.8 Å². The van der Waals surface area contributed by atoms with E-state index < -0.39 is 47.6 Å². The van der Waals surface area contributed by atoms with Gasteiger partial charge in [-0.25, -0.2) is 0 Å². The van der Waals surface area contributed by atoms with Crippen molar-refractivity contribution in [3.05, 3.63) is 94.1 Å². The normalized spacial score (nSPS) is 19.3. The number of aromatic amines is 1. The molecule has 0 bridgehead atoms. The molecule has 4 aromatic rings. The van der Waals surface area contributed by atoms with Crippen LogP contribution in [0.1, 0.15) is 54.4 Å². The highest BCUT2D eigenvalue weighted by molar-refractivity contribution is 7.99. The average Bonchev–Trinajstić information content (AvgIpc) is 3.55. The maximum absolute atomic E-state index is 14.6. The van der Waals surface area contributed by atoms with Gasteiger partial charge in [0, 0.05) is 58.5 Å². The van der Waals surface area contributed by atoms with E-state index in [9.17, 15) is 27.6 Å². The first kappa shape index (κ1) is 40.1. The monoisotopic (exact) mass is 771 g/mol. The predicted octanol–water partition coefficient (Wildman–Crippen LogP) is 5.50. The summed E-state index contributed by atoms with van der Waals surface area (Å²) < 4.78 is 43.8. The molecule has 3 aromatic carbocycles. The minimum absolute atomic E-state index is 0.0839. The van der Waals surface area contributed by atoms with Gasteiger partial charge in [-0.2, -0.15) is 13.2 Å². The number of alkyl halides is 3. The Morgan fingerprint density at radius 3 is 2.36 bits per heavy atom.